The van der Waals surface area contributed by atoms with Crippen LogP contribution < -0.4 is 10.2 Å². The maximum absolute atomic E-state index is 12.4. The summed E-state index contributed by atoms with van der Waals surface area (Å²) in [5.41, 5.74) is 1.47. The molecular weight excluding hydrogens is 379 g/mol. The van der Waals surface area contributed by atoms with Gasteiger partial charge in [-0.1, -0.05) is 18.2 Å². The van der Waals surface area contributed by atoms with Crippen LogP contribution in [0.25, 0.3) is 0 Å². The van der Waals surface area contributed by atoms with Crippen LogP contribution >= 0.6 is 22.6 Å². The lowest BCUT2D eigenvalue weighted by molar-refractivity contribution is -0.121. The number of hydrogen-bond acceptors (Lipinski definition) is 3. The molecule has 2 amide bonds. The summed E-state index contributed by atoms with van der Waals surface area (Å²) in [6.45, 7) is 0. The lowest BCUT2D eigenvalue weighted by Crippen LogP contribution is -2.34. The first-order chi connectivity index (χ1) is 10.1. The number of amides is 2. The van der Waals surface area contributed by atoms with Gasteiger partial charge < -0.3 is 5.32 Å². The van der Waals surface area contributed by atoms with E-state index in [-0.39, 0.29) is 18.2 Å². The molecule has 1 heterocycles. The second-order valence-electron chi connectivity index (χ2n) is 4.81. The Morgan fingerprint density at radius 2 is 1.67 bits per heavy atom. The molecule has 0 spiro atoms. The number of hydrogen-bond donors (Lipinski definition) is 1. The molecule has 0 bridgehead atoms. The Morgan fingerprint density at radius 1 is 1.00 bits per heavy atom. The summed E-state index contributed by atoms with van der Waals surface area (Å²) in [6, 6.07) is 16.3. The van der Waals surface area contributed by atoms with Gasteiger partial charge in [0, 0.05) is 9.26 Å². The zero-order valence-corrected chi connectivity index (χ0v) is 13.3. The fourth-order valence-electron chi connectivity index (χ4n) is 2.34. The van der Waals surface area contributed by atoms with E-state index in [1.165, 1.54) is 4.90 Å². The van der Waals surface area contributed by atoms with Crippen molar-refractivity contribution in [3.63, 3.8) is 0 Å². The van der Waals surface area contributed by atoms with Crippen LogP contribution in [-0.4, -0.2) is 17.9 Å². The van der Waals surface area contributed by atoms with E-state index in [9.17, 15) is 9.59 Å². The summed E-state index contributed by atoms with van der Waals surface area (Å²) in [6.07, 6.45) is 0.180. The molecule has 0 aromatic heterocycles. The van der Waals surface area contributed by atoms with Crippen molar-refractivity contribution in [2.45, 2.75) is 12.5 Å². The zero-order valence-electron chi connectivity index (χ0n) is 11.1. The van der Waals surface area contributed by atoms with E-state index in [1.54, 1.807) is 12.1 Å². The van der Waals surface area contributed by atoms with Crippen molar-refractivity contribution in [3.8, 4) is 0 Å². The second kappa shape index (κ2) is 5.85. The predicted molar refractivity (Wildman–Crippen MR) is 90.1 cm³/mol. The highest BCUT2D eigenvalue weighted by molar-refractivity contribution is 14.1. The minimum Gasteiger partial charge on any atom is -0.373 e. The van der Waals surface area contributed by atoms with Gasteiger partial charge in [0.25, 0.3) is 5.91 Å². The molecule has 2 aromatic carbocycles. The van der Waals surface area contributed by atoms with Gasteiger partial charge in [-0.05, 0) is 59.0 Å². The molecule has 106 valence electrons. The van der Waals surface area contributed by atoms with Crippen molar-refractivity contribution in [2.75, 3.05) is 10.2 Å². The number of nitrogens with zero attached hydrogens (tertiary/aromatic N) is 1. The maximum Gasteiger partial charge on any atom is 0.256 e. The van der Waals surface area contributed by atoms with Gasteiger partial charge in [0.2, 0.25) is 5.91 Å². The number of carbonyl (C=O) groups is 2. The molecule has 5 heteroatoms. The first kappa shape index (κ1) is 14.1. The summed E-state index contributed by atoms with van der Waals surface area (Å²) in [5.74, 6) is -0.375. The number of anilines is 2. The van der Waals surface area contributed by atoms with Crippen LogP contribution in [0.2, 0.25) is 0 Å². The summed E-state index contributed by atoms with van der Waals surface area (Å²) >= 11 is 2.19. The van der Waals surface area contributed by atoms with Gasteiger partial charge in [0.15, 0.2) is 0 Å². The smallest absolute Gasteiger partial charge is 0.256 e. The van der Waals surface area contributed by atoms with Crippen molar-refractivity contribution in [2.24, 2.45) is 0 Å². The van der Waals surface area contributed by atoms with Crippen molar-refractivity contribution in [1.29, 1.82) is 0 Å². The third-order valence-corrected chi connectivity index (χ3v) is 4.07. The van der Waals surface area contributed by atoms with Crippen molar-refractivity contribution in [3.05, 3.63) is 58.2 Å². The molecule has 1 atom stereocenters. The molecule has 0 radical (unpaired) electrons. The van der Waals surface area contributed by atoms with Gasteiger partial charge in [-0.3, -0.25) is 9.59 Å². The third-order valence-electron chi connectivity index (χ3n) is 3.35. The largest absolute Gasteiger partial charge is 0.373 e. The zero-order chi connectivity index (χ0) is 14.8. The standard InChI is InChI=1S/C16H13IN2O2/c17-11-6-8-13(9-7-11)19-15(20)10-14(16(19)21)18-12-4-2-1-3-5-12/h1-9,14,18H,10H2/t14-/m0/s1. The Bertz CT molecular complexity index is 670. The van der Waals surface area contributed by atoms with Gasteiger partial charge in [-0.15, -0.1) is 0 Å². The van der Waals surface area contributed by atoms with E-state index >= 15 is 0 Å². The topological polar surface area (TPSA) is 49.4 Å². The number of rotatable bonds is 3. The lowest BCUT2D eigenvalue weighted by Gasteiger charge is -2.16. The van der Waals surface area contributed by atoms with Gasteiger partial charge in [0.05, 0.1) is 12.1 Å². The molecule has 1 N–H and O–H groups in total. The van der Waals surface area contributed by atoms with E-state index in [1.807, 2.05) is 42.5 Å². The minimum atomic E-state index is -0.501. The Kier molecular flexibility index (Phi) is 3.92. The number of halogens is 1. The molecular formula is C16H13IN2O2. The van der Waals surface area contributed by atoms with Gasteiger partial charge in [-0.25, -0.2) is 4.90 Å². The number of carbonyl (C=O) groups excluding carboxylic acids is 2. The molecule has 1 aliphatic rings. The van der Waals surface area contributed by atoms with E-state index in [0.29, 0.717) is 5.69 Å². The summed E-state index contributed by atoms with van der Waals surface area (Å²) in [4.78, 5) is 25.8. The quantitative estimate of drug-likeness (QED) is 0.646. The normalized spacial score (nSPS) is 18.1. The van der Waals surface area contributed by atoms with E-state index < -0.39 is 6.04 Å². The van der Waals surface area contributed by atoms with Crippen molar-refractivity contribution in [1.82, 2.24) is 0 Å². The van der Waals surface area contributed by atoms with Crippen LogP contribution in [0, 0.1) is 3.57 Å². The number of benzene rings is 2. The lowest BCUT2D eigenvalue weighted by atomic mass is 10.2. The Hall–Kier alpha value is -1.89. The minimum absolute atomic E-state index is 0.172. The van der Waals surface area contributed by atoms with Crippen molar-refractivity contribution >= 4 is 45.8 Å². The summed E-state index contributed by atoms with van der Waals surface area (Å²) in [5, 5.41) is 3.12. The number of nitrogens with one attached hydrogen (secondary N) is 1. The molecule has 2 aromatic rings. The van der Waals surface area contributed by atoms with E-state index in [0.717, 1.165) is 9.26 Å². The summed E-state index contributed by atoms with van der Waals surface area (Å²) in [7, 11) is 0. The molecule has 1 fully saturated rings. The molecule has 21 heavy (non-hydrogen) atoms. The second-order valence-corrected chi connectivity index (χ2v) is 6.06. The molecule has 0 unspecified atom stereocenters. The van der Waals surface area contributed by atoms with Crippen LogP contribution in [0.15, 0.2) is 54.6 Å². The average Bonchev–Trinajstić information content (AvgIpc) is 2.76. The van der Waals surface area contributed by atoms with E-state index in [2.05, 4.69) is 27.9 Å². The van der Waals surface area contributed by atoms with Crippen LogP contribution in [0.1, 0.15) is 6.42 Å². The fourth-order valence-corrected chi connectivity index (χ4v) is 2.70. The SMILES string of the molecule is O=C1C[C@H](Nc2ccccc2)C(=O)N1c1ccc(I)cc1. The van der Waals surface area contributed by atoms with Gasteiger partial charge in [0.1, 0.15) is 6.04 Å². The highest BCUT2D eigenvalue weighted by atomic mass is 127. The molecule has 0 saturated carbocycles. The van der Waals surface area contributed by atoms with Gasteiger partial charge >= 0.3 is 0 Å². The molecule has 0 aliphatic carbocycles. The molecule has 3 rings (SSSR count). The van der Waals surface area contributed by atoms with Crippen LogP contribution in [-0.2, 0) is 9.59 Å². The summed E-state index contributed by atoms with van der Waals surface area (Å²) < 4.78 is 1.06. The third kappa shape index (κ3) is 2.92. The molecule has 4 nitrogen and oxygen atoms in total. The Morgan fingerprint density at radius 3 is 2.33 bits per heavy atom. The van der Waals surface area contributed by atoms with Crippen LogP contribution in [0.5, 0.6) is 0 Å². The highest BCUT2D eigenvalue weighted by Gasteiger charge is 2.39. The van der Waals surface area contributed by atoms with Crippen LogP contribution in [0.3, 0.4) is 0 Å². The first-order valence-corrected chi connectivity index (χ1v) is 7.67. The van der Waals surface area contributed by atoms with Crippen LogP contribution in [0.4, 0.5) is 11.4 Å². The maximum atomic E-state index is 12.4. The highest BCUT2D eigenvalue weighted by Crippen LogP contribution is 2.25. The van der Waals surface area contributed by atoms with Crippen molar-refractivity contribution < 1.29 is 9.59 Å². The Labute approximate surface area is 136 Å². The predicted octanol–water partition coefficient (Wildman–Crippen LogP) is 3.04. The molecule has 1 saturated heterocycles. The number of imide groups is 1. The number of para-hydroxylation sites is 1. The first-order valence-electron chi connectivity index (χ1n) is 6.59. The van der Waals surface area contributed by atoms with E-state index in [4.69, 9.17) is 0 Å². The average molecular weight is 392 g/mol. The Balaban J connectivity index is 1.80. The fraction of sp³-hybridized carbons (Fsp3) is 0.125. The monoisotopic (exact) mass is 392 g/mol. The van der Waals surface area contributed by atoms with Gasteiger partial charge in [-0.2, -0.15) is 0 Å². The molecule has 1 aliphatic heterocycles.